The quantitative estimate of drug-likeness (QED) is 0.628. The number of rotatable bonds is 4. The van der Waals surface area contributed by atoms with E-state index in [9.17, 15) is 0 Å². The zero-order valence-corrected chi connectivity index (χ0v) is 7.10. The average molecular weight is 176 g/mol. The Bertz CT molecular complexity index is 134. The number of hydrogen-bond acceptors (Lipinski definition) is 4. The van der Waals surface area contributed by atoms with Gasteiger partial charge in [-0.3, -0.25) is 0 Å². The van der Waals surface area contributed by atoms with Crippen LogP contribution >= 0.6 is 12.2 Å². The van der Waals surface area contributed by atoms with Crippen LogP contribution in [-0.2, 0) is 9.47 Å². The summed E-state index contributed by atoms with van der Waals surface area (Å²) in [5, 5.41) is 9.00. The minimum atomic E-state index is 0.0291. The van der Waals surface area contributed by atoms with Gasteiger partial charge in [-0.15, -0.1) is 0 Å². The minimum Gasteiger partial charge on any atom is -0.485 e. The fourth-order valence-electron chi connectivity index (χ4n) is 0.856. The largest absolute Gasteiger partial charge is 0.485 e. The third-order valence-electron chi connectivity index (χ3n) is 1.52. The first-order valence-corrected chi connectivity index (χ1v) is 4.08. The van der Waals surface area contributed by atoms with E-state index in [1.54, 1.807) is 0 Å². The van der Waals surface area contributed by atoms with Gasteiger partial charge in [0.25, 0.3) is 0 Å². The Balaban J connectivity index is 2.00. The van der Waals surface area contributed by atoms with Crippen LogP contribution in [0.1, 0.15) is 6.42 Å². The molecule has 0 saturated carbocycles. The van der Waals surface area contributed by atoms with Crippen LogP contribution in [0.3, 0.4) is 0 Å². The van der Waals surface area contributed by atoms with Crippen molar-refractivity contribution in [1.29, 1.82) is 0 Å². The second-order valence-corrected chi connectivity index (χ2v) is 3.01. The Morgan fingerprint density at radius 1 is 1.64 bits per heavy atom. The zero-order chi connectivity index (χ0) is 8.10. The van der Waals surface area contributed by atoms with Crippen molar-refractivity contribution >= 4 is 17.3 Å². The molecule has 0 aliphatic carbocycles. The smallest absolute Gasteiger partial charge is 0.160 e. The lowest BCUT2D eigenvalue weighted by Gasteiger charge is -2.25. The highest BCUT2D eigenvalue weighted by atomic mass is 32.1. The molecule has 1 saturated heterocycles. The van der Waals surface area contributed by atoms with Crippen molar-refractivity contribution in [3.05, 3.63) is 0 Å². The maximum Gasteiger partial charge on any atom is 0.160 e. The number of aliphatic hydroxyl groups is 1. The standard InChI is InChI=1S/C7H12O3S/c8-1-2-10-7(11)3-6-4-9-5-6/h6,8H,1-5H2. The van der Waals surface area contributed by atoms with Crippen molar-refractivity contribution in [2.24, 2.45) is 5.92 Å². The van der Waals surface area contributed by atoms with Crippen molar-refractivity contribution in [2.75, 3.05) is 26.4 Å². The molecule has 3 nitrogen and oxygen atoms in total. The van der Waals surface area contributed by atoms with Gasteiger partial charge in [0.2, 0.25) is 0 Å². The molecular weight excluding hydrogens is 164 g/mol. The Kier molecular flexibility index (Phi) is 3.76. The van der Waals surface area contributed by atoms with E-state index < -0.39 is 0 Å². The van der Waals surface area contributed by atoms with E-state index in [0.717, 1.165) is 19.6 Å². The fourth-order valence-corrected chi connectivity index (χ4v) is 1.18. The van der Waals surface area contributed by atoms with Gasteiger partial charge in [0.1, 0.15) is 6.61 Å². The summed E-state index contributed by atoms with van der Waals surface area (Å²) < 4.78 is 10.00. The molecule has 1 rings (SSSR count). The molecule has 0 aromatic rings. The summed E-state index contributed by atoms with van der Waals surface area (Å²) in [6.07, 6.45) is 0.787. The molecule has 0 radical (unpaired) electrons. The zero-order valence-electron chi connectivity index (χ0n) is 6.28. The van der Waals surface area contributed by atoms with Gasteiger partial charge in [0.05, 0.1) is 19.8 Å². The number of aliphatic hydroxyl groups excluding tert-OH is 1. The highest BCUT2D eigenvalue weighted by Crippen LogP contribution is 2.15. The molecule has 0 unspecified atom stereocenters. The first-order valence-electron chi connectivity index (χ1n) is 3.67. The monoisotopic (exact) mass is 176 g/mol. The van der Waals surface area contributed by atoms with Crippen molar-refractivity contribution in [2.45, 2.75) is 6.42 Å². The van der Waals surface area contributed by atoms with Gasteiger partial charge in [0, 0.05) is 12.3 Å². The average Bonchev–Trinajstić information content (AvgIpc) is 1.93. The van der Waals surface area contributed by atoms with Crippen LogP contribution in [-0.4, -0.2) is 36.6 Å². The van der Waals surface area contributed by atoms with Crippen molar-refractivity contribution in [3.63, 3.8) is 0 Å². The SMILES string of the molecule is OCCOC(=S)CC1COC1. The Morgan fingerprint density at radius 2 is 2.36 bits per heavy atom. The van der Waals surface area contributed by atoms with Crippen LogP contribution in [0.25, 0.3) is 0 Å². The van der Waals surface area contributed by atoms with Gasteiger partial charge in [0.15, 0.2) is 5.05 Å². The van der Waals surface area contributed by atoms with Gasteiger partial charge in [-0.05, 0) is 12.2 Å². The summed E-state index contributed by atoms with van der Waals surface area (Å²) in [5.74, 6) is 0.543. The summed E-state index contributed by atoms with van der Waals surface area (Å²) in [4.78, 5) is 0. The normalized spacial score (nSPS) is 17.5. The molecule has 0 aromatic heterocycles. The molecule has 1 heterocycles. The van der Waals surface area contributed by atoms with E-state index >= 15 is 0 Å². The topological polar surface area (TPSA) is 38.7 Å². The maximum absolute atomic E-state index is 8.41. The third-order valence-corrected chi connectivity index (χ3v) is 1.80. The predicted molar refractivity (Wildman–Crippen MR) is 44.6 cm³/mol. The molecule has 11 heavy (non-hydrogen) atoms. The first kappa shape index (κ1) is 8.90. The molecule has 0 amide bonds. The van der Waals surface area contributed by atoms with E-state index in [0.29, 0.717) is 17.6 Å². The highest BCUT2D eigenvalue weighted by Gasteiger charge is 2.20. The second kappa shape index (κ2) is 4.64. The van der Waals surface area contributed by atoms with Crippen LogP contribution in [0.2, 0.25) is 0 Å². The highest BCUT2D eigenvalue weighted by molar-refractivity contribution is 7.80. The summed E-state index contributed by atoms with van der Waals surface area (Å²) in [6, 6.07) is 0. The number of ether oxygens (including phenoxy) is 2. The lowest BCUT2D eigenvalue weighted by molar-refractivity contribution is -0.0298. The van der Waals surface area contributed by atoms with Gasteiger partial charge >= 0.3 is 0 Å². The van der Waals surface area contributed by atoms with E-state index in [1.807, 2.05) is 0 Å². The summed E-state index contributed by atoms with van der Waals surface area (Å²) in [7, 11) is 0. The Labute approximate surface area is 71.3 Å². The number of thiocarbonyl (C=S) groups is 1. The van der Waals surface area contributed by atoms with E-state index in [4.69, 9.17) is 26.8 Å². The molecule has 1 aliphatic heterocycles. The maximum atomic E-state index is 8.41. The van der Waals surface area contributed by atoms with Gasteiger partial charge < -0.3 is 14.6 Å². The molecule has 4 heteroatoms. The molecule has 0 spiro atoms. The lowest BCUT2D eigenvalue weighted by Crippen LogP contribution is -2.29. The van der Waals surface area contributed by atoms with E-state index in [1.165, 1.54) is 0 Å². The molecule has 0 bridgehead atoms. The third kappa shape index (κ3) is 3.14. The fraction of sp³-hybridized carbons (Fsp3) is 0.857. The lowest BCUT2D eigenvalue weighted by atomic mass is 10.1. The summed E-state index contributed by atoms with van der Waals surface area (Å²) in [6.45, 7) is 1.93. The molecule has 1 fully saturated rings. The summed E-state index contributed by atoms with van der Waals surface area (Å²) >= 11 is 4.91. The van der Waals surface area contributed by atoms with E-state index in [-0.39, 0.29) is 6.61 Å². The van der Waals surface area contributed by atoms with Crippen LogP contribution in [0.4, 0.5) is 0 Å². The van der Waals surface area contributed by atoms with Crippen molar-refractivity contribution in [1.82, 2.24) is 0 Å². The van der Waals surface area contributed by atoms with Crippen LogP contribution in [0.5, 0.6) is 0 Å². The van der Waals surface area contributed by atoms with Crippen LogP contribution in [0.15, 0.2) is 0 Å². The Morgan fingerprint density at radius 3 is 2.82 bits per heavy atom. The number of hydrogen-bond donors (Lipinski definition) is 1. The van der Waals surface area contributed by atoms with Gasteiger partial charge in [-0.1, -0.05) is 0 Å². The second-order valence-electron chi connectivity index (χ2n) is 2.55. The molecule has 64 valence electrons. The summed E-state index contributed by atoms with van der Waals surface area (Å²) in [5.41, 5.74) is 0. The van der Waals surface area contributed by atoms with Crippen molar-refractivity contribution in [3.8, 4) is 0 Å². The van der Waals surface area contributed by atoms with E-state index in [2.05, 4.69) is 0 Å². The molecule has 1 N–H and O–H groups in total. The first-order chi connectivity index (χ1) is 5.33. The van der Waals surface area contributed by atoms with Crippen LogP contribution < -0.4 is 0 Å². The molecule has 1 aliphatic rings. The van der Waals surface area contributed by atoms with Crippen LogP contribution in [0, 0.1) is 5.92 Å². The minimum absolute atomic E-state index is 0.0291. The van der Waals surface area contributed by atoms with Crippen molar-refractivity contribution < 1.29 is 14.6 Å². The molecular formula is C7H12O3S. The van der Waals surface area contributed by atoms with Gasteiger partial charge in [-0.25, -0.2) is 0 Å². The van der Waals surface area contributed by atoms with Gasteiger partial charge in [-0.2, -0.15) is 0 Å². The Hall–Kier alpha value is -0.190. The predicted octanol–water partition coefficient (Wildman–Crippen LogP) is 0.359. The molecule has 0 aromatic carbocycles. The molecule has 0 atom stereocenters.